The number of ether oxygens (including phenoxy) is 2. The van der Waals surface area contributed by atoms with Crippen LogP contribution < -0.4 is 10.6 Å². The van der Waals surface area contributed by atoms with Gasteiger partial charge in [-0.3, -0.25) is 9.89 Å². The molecule has 1 aromatic rings. The predicted octanol–water partition coefficient (Wildman–Crippen LogP) is 2.30. The van der Waals surface area contributed by atoms with Gasteiger partial charge >= 0.3 is 0 Å². The highest BCUT2D eigenvalue weighted by Gasteiger charge is 2.22. The first kappa shape index (κ1) is 21.0. The standard InChI is InChI=1S/C19H31ClN4O2/c1-3-21-19(22-8-5-11-25-2)23-15-18(24-9-12-26-13-10-24)16-6-4-7-17(20)14-16/h4,6-7,14,18H,3,5,8-13,15H2,1-2H3,(H2,21,22,23). The smallest absolute Gasteiger partial charge is 0.191 e. The summed E-state index contributed by atoms with van der Waals surface area (Å²) in [5.74, 6) is 0.837. The number of halogens is 1. The monoisotopic (exact) mass is 382 g/mol. The van der Waals surface area contributed by atoms with E-state index in [0.29, 0.717) is 6.54 Å². The van der Waals surface area contributed by atoms with Gasteiger partial charge in [0.25, 0.3) is 0 Å². The van der Waals surface area contributed by atoms with E-state index >= 15 is 0 Å². The van der Waals surface area contributed by atoms with Crippen LogP contribution in [0.25, 0.3) is 0 Å². The Hall–Kier alpha value is -1.34. The second-order valence-corrected chi connectivity index (χ2v) is 6.65. The Morgan fingerprint density at radius 1 is 1.35 bits per heavy atom. The highest BCUT2D eigenvalue weighted by Crippen LogP contribution is 2.24. The van der Waals surface area contributed by atoms with E-state index in [4.69, 9.17) is 26.1 Å². The summed E-state index contributed by atoms with van der Waals surface area (Å²) in [4.78, 5) is 7.24. The van der Waals surface area contributed by atoms with Gasteiger partial charge in [-0.05, 0) is 31.0 Å². The molecular weight excluding hydrogens is 352 g/mol. The zero-order valence-electron chi connectivity index (χ0n) is 15.8. The van der Waals surface area contributed by atoms with E-state index < -0.39 is 0 Å². The number of nitrogens with one attached hydrogen (secondary N) is 2. The van der Waals surface area contributed by atoms with Gasteiger partial charge in [0, 0.05) is 44.9 Å². The van der Waals surface area contributed by atoms with E-state index in [0.717, 1.165) is 63.4 Å². The molecule has 0 aliphatic carbocycles. The predicted molar refractivity (Wildman–Crippen MR) is 107 cm³/mol. The van der Waals surface area contributed by atoms with Crippen LogP contribution in [-0.2, 0) is 9.47 Å². The van der Waals surface area contributed by atoms with Crippen molar-refractivity contribution < 1.29 is 9.47 Å². The maximum Gasteiger partial charge on any atom is 0.191 e. The van der Waals surface area contributed by atoms with E-state index in [1.54, 1.807) is 7.11 Å². The highest BCUT2D eigenvalue weighted by atomic mass is 35.5. The minimum atomic E-state index is 0.187. The molecular formula is C19H31ClN4O2. The number of aliphatic imine (C=N–C) groups is 1. The van der Waals surface area contributed by atoms with Gasteiger partial charge in [-0.2, -0.15) is 0 Å². The molecule has 0 spiro atoms. The first-order chi connectivity index (χ1) is 12.7. The maximum atomic E-state index is 6.22. The molecule has 1 unspecified atom stereocenters. The number of nitrogens with zero attached hydrogens (tertiary/aromatic N) is 2. The molecule has 2 rings (SSSR count). The normalized spacial score (nSPS) is 17.1. The Morgan fingerprint density at radius 3 is 2.85 bits per heavy atom. The second-order valence-electron chi connectivity index (χ2n) is 6.21. The van der Waals surface area contributed by atoms with Gasteiger partial charge in [-0.1, -0.05) is 23.7 Å². The average molecular weight is 383 g/mol. The summed E-state index contributed by atoms with van der Waals surface area (Å²) in [6, 6.07) is 8.26. The van der Waals surface area contributed by atoms with Crippen molar-refractivity contribution in [2.24, 2.45) is 4.99 Å². The van der Waals surface area contributed by atoms with Crippen molar-refractivity contribution >= 4 is 17.6 Å². The molecule has 0 bridgehead atoms. The highest BCUT2D eigenvalue weighted by molar-refractivity contribution is 6.30. The van der Waals surface area contributed by atoms with Crippen molar-refractivity contribution in [3.63, 3.8) is 0 Å². The summed E-state index contributed by atoms with van der Waals surface area (Å²) in [5.41, 5.74) is 1.19. The van der Waals surface area contributed by atoms with Crippen molar-refractivity contribution in [3.05, 3.63) is 34.9 Å². The molecule has 6 nitrogen and oxygen atoms in total. The van der Waals surface area contributed by atoms with Gasteiger partial charge in [0.15, 0.2) is 5.96 Å². The number of methoxy groups -OCH3 is 1. The number of hydrogen-bond donors (Lipinski definition) is 2. The maximum absolute atomic E-state index is 6.22. The Labute approximate surface area is 161 Å². The number of morpholine rings is 1. The molecule has 1 aliphatic rings. The number of rotatable bonds is 9. The molecule has 26 heavy (non-hydrogen) atoms. The average Bonchev–Trinajstić information content (AvgIpc) is 2.66. The second kappa shape index (κ2) is 12.1. The van der Waals surface area contributed by atoms with Gasteiger partial charge in [0.05, 0.1) is 25.8 Å². The molecule has 1 saturated heterocycles. The van der Waals surface area contributed by atoms with Crippen LogP contribution in [0.4, 0.5) is 0 Å². The molecule has 1 atom stereocenters. The Bertz CT molecular complexity index is 550. The Balaban J connectivity index is 2.07. The van der Waals surface area contributed by atoms with Crippen molar-refractivity contribution in [2.75, 3.05) is 59.7 Å². The number of guanidine groups is 1. The third-order valence-corrected chi connectivity index (χ3v) is 4.54. The van der Waals surface area contributed by atoms with Crippen molar-refractivity contribution in [1.29, 1.82) is 0 Å². The summed E-state index contributed by atoms with van der Waals surface area (Å²) in [5, 5.41) is 7.43. The third kappa shape index (κ3) is 7.11. The van der Waals surface area contributed by atoms with Gasteiger partial charge in [0.1, 0.15) is 0 Å². The summed E-state index contributed by atoms with van der Waals surface area (Å²) in [6.07, 6.45) is 0.947. The Kier molecular flexibility index (Phi) is 9.77. The van der Waals surface area contributed by atoms with Crippen molar-refractivity contribution in [1.82, 2.24) is 15.5 Å². The lowest BCUT2D eigenvalue weighted by Gasteiger charge is -2.34. The zero-order valence-corrected chi connectivity index (χ0v) is 16.6. The van der Waals surface area contributed by atoms with Crippen LogP contribution in [0.1, 0.15) is 24.9 Å². The van der Waals surface area contributed by atoms with Gasteiger partial charge in [0.2, 0.25) is 0 Å². The molecule has 146 valence electrons. The van der Waals surface area contributed by atoms with E-state index in [1.807, 2.05) is 18.2 Å². The summed E-state index contributed by atoms with van der Waals surface area (Å²) < 4.78 is 10.6. The van der Waals surface area contributed by atoms with Gasteiger partial charge in [-0.25, -0.2) is 0 Å². The molecule has 2 N–H and O–H groups in total. The summed E-state index contributed by atoms with van der Waals surface area (Å²) in [6.45, 7) is 8.48. The lowest BCUT2D eigenvalue weighted by atomic mass is 10.0. The van der Waals surface area contributed by atoms with Crippen LogP contribution in [0, 0.1) is 0 Å². The SMILES string of the molecule is CCNC(=NCC(c1cccc(Cl)c1)N1CCOCC1)NCCCOC. The lowest BCUT2D eigenvalue weighted by Crippen LogP contribution is -2.42. The lowest BCUT2D eigenvalue weighted by molar-refractivity contribution is 0.0180. The van der Waals surface area contributed by atoms with Crippen LogP contribution >= 0.6 is 11.6 Å². The molecule has 1 aromatic carbocycles. The fourth-order valence-corrected chi connectivity index (χ4v) is 3.18. The van der Waals surface area contributed by atoms with Crippen LogP contribution in [0.3, 0.4) is 0 Å². The quantitative estimate of drug-likeness (QED) is 0.390. The minimum Gasteiger partial charge on any atom is -0.385 e. The molecule has 1 heterocycles. The fourth-order valence-electron chi connectivity index (χ4n) is 2.98. The van der Waals surface area contributed by atoms with Crippen LogP contribution in [0.15, 0.2) is 29.3 Å². The third-order valence-electron chi connectivity index (χ3n) is 4.30. The molecule has 0 amide bonds. The van der Waals surface area contributed by atoms with E-state index in [2.05, 4.69) is 28.5 Å². The van der Waals surface area contributed by atoms with Gasteiger partial charge in [-0.15, -0.1) is 0 Å². The molecule has 1 fully saturated rings. The van der Waals surface area contributed by atoms with Gasteiger partial charge < -0.3 is 20.1 Å². The first-order valence-corrected chi connectivity index (χ1v) is 9.70. The van der Waals surface area contributed by atoms with E-state index in [-0.39, 0.29) is 6.04 Å². The topological polar surface area (TPSA) is 58.1 Å². The molecule has 7 heteroatoms. The zero-order chi connectivity index (χ0) is 18.6. The summed E-state index contributed by atoms with van der Waals surface area (Å²) >= 11 is 6.22. The van der Waals surface area contributed by atoms with Crippen molar-refractivity contribution in [2.45, 2.75) is 19.4 Å². The number of benzene rings is 1. The largest absolute Gasteiger partial charge is 0.385 e. The molecule has 0 radical (unpaired) electrons. The van der Waals surface area contributed by atoms with Crippen LogP contribution in [0.5, 0.6) is 0 Å². The first-order valence-electron chi connectivity index (χ1n) is 9.33. The van der Waals surface area contributed by atoms with Crippen LogP contribution in [0.2, 0.25) is 5.02 Å². The summed E-state index contributed by atoms with van der Waals surface area (Å²) in [7, 11) is 1.72. The number of hydrogen-bond acceptors (Lipinski definition) is 4. The molecule has 0 saturated carbocycles. The minimum absolute atomic E-state index is 0.187. The molecule has 0 aromatic heterocycles. The van der Waals surface area contributed by atoms with Crippen LogP contribution in [-0.4, -0.2) is 70.5 Å². The Morgan fingerprint density at radius 2 is 2.15 bits per heavy atom. The fraction of sp³-hybridized carbons (Fsp3) is 0.632. The van der Waals surface area contributed by atoms with E-state index in [9.17, 15) is 0 Å². The van der Waals surface area contributed by atoms with Crippen molar-refractivity contribution in [3.8, 4) is 0 Å². The molecule has 1 aliphatic heterocycles. The van der Waals surface area contributed by atoms with E-state index in [1.165, 1.54) is 5.56 Å².